The first-order chi connectivity index (χ1) is 10.0. The van der Waals surface area contributed by atoms with E-state index in [2.05, 4.69) is 31.4 Å². The van der Waals surface area contributed by atoms with Crippen LogP contribution in [0.3, 0.4) is 0 Å². The van der Waals surface area contributed by atoms with Crippen LogP contribution in [0.1, 0.15) is 52.4 Å². The number of fused-ring (bicyclic) bond motifs is 1. The second-order valence-electron chi connectivity index (χ2n) is 6.09. The second-order valence-corrected chi connectivity index (χ2v) is 6.09. The highest BCUT2D eigenvalue weighted by molar-refractivity contribution is 5.78. The zero-order valence-electron chi connectivity index (χ0n) is 13.6. The highest BCUT2D eigenvalue weighted by Gasteiger charge is 2.14. The van der Waals surface area contributed by atoms with E-state index < -0.39 is 0 Å². The van der Waals surface area contributed by atoms with Crippen LogP contribution in [0.15, 0.2) is 18.2 Å². The average molecular weight is 289 g/mol. The Hall–Kier alpha value is -1.55. The zero-order valence-corrected chi connectivity index (χ0v) is 13.6. The molecule has 1 heterocycles. The SMILES string of the molecule is CCCOc1ccc2c(c1)nc(C(C)N)n2CCC(C)C. The Bertz CT molecular complexity index is 587. The quantitative estimate of drug-likeness (QED) is 0.841. The first kappa shape index (κ1) is 15.8. The third-order valence-corrected chi connectivity index (χ3v) is 3.56. The van der Waals surface area contributed by atoms with Crippen molar-refractivity contribution in [1.29, 1.82) is 0 Å². The van der Waals surface area contributed by atoms with E-state index >= 15 is 0 Å². The first-order valence-electron chi connectivity index (χ1n) is 7.91. The smallest absolute Gasteiger partial charge is 0.126 e. The molecule has 0 saturated heterocycles. The van der Waals surface area contributed by atoms with Gasteiger partial charge in [0.05, 0.1) is 23.7 Å². The molecule has 4 nitrogen and oxygen atoms in total. The van der Waals surface area contributed by atoms with Gasteiger partial charge >= 0.3 is 0 Å². The molecule has 1 aromatic heterocycles. The predicted octanol–water partition coefficient (Wildman–Crippen LogP) is 3.89. The Labute approximate surface area is 127 Å². The largest absolute Gasteiger partial charge is 0.494 e. The maximum Gasteiger partial charge on any atom is 0.126 e. The Kier molecular flexibility index (Phi) is 5.23. The fourth-order valence-corrected chi connectivity index (χ4v) is 2.41. The minimum absolute atomic E-state index is 0.0652. The molecule has 21 heavy (non-hydrogen) atoms. The van der Waals surface area contributed by atoms with Crippen LogP contribution in [0, 0.1) is 5.92 Å². The molecule has 0 fully saturated rings. The first-order valence-corrected chi connectivity index (χ1v) is 7.91. The number of ether oxygens (including phenoxy) is 1. The molecule has 0 aliphatic heterocycles. The molecule has 0 spiro atoms. The summed E-state index contributed by atoms with van der Waals surface area (Å²) in [5.41, 5.74) is 8.21. The molecule has 116 valence electrons. The Balaban J connectivity index is 2.37. The molecular weight excluding hydrogens is 262 g/mol. The minimum atomic E-state index is -0.0652. The van der Waals surface area contributed by atoms with Gasteiger partial charge in [0.15, 0.2) is 0 Å². The summed E-state index contributed by atoms with van der Waals surface area (Å²) < 4.78 is 7.94. The van der Waals surface area contributed by atoms with Crippen LogP contribution in [0.25, 0.3) is 11.0 Å². The zero-order chi connectivity index (χ0) is 15.4. The van der Waals surface area contributed by atoms with E-state index in [-0.39, 0.29) is 6.04 Å². The highest BCUT2D eigenvalue weighted by atomic mass is 16.5. The monoisotopic (exact) mass is 289 g/mol. The van der Waals surface area contributed by atoms with Crippen molar-refractivity contribution in [1.82, 2.24) is 9.55 Å². The fraction of sp³-hybridized carbons (Fsp3) is 0.588. The number of rotatable bonds is 7. The summed E-state index contributed by atoms with van der Waals surface area (Å²) in [6.45, 7) is 10.3. The average Bonchev–Trinajstić information content (AvgIpc) is 2.80. The van der Waals surface area contributed by atoms with Gasteiger partial charge in [-0.05, 0) is 37.8 Å². The maximum atomic E-state index is 6.09. The van der Waals surface area contributed by atoms with Crippen molar-refractivity contribution in [2.24, 2.45) is 11.7 Å². The number of benzene rings is 1. The van der Waals surface area contributed by atoms with E-state index in [0.717, 1.165) is 48.6 Å². The van der Waals surface area contributed by atoms with Crippen LogP contribution in [-0.2, 0) is 6.54 Å². The highest BCUT2D eigenvalue weighted by Crippen LogP contribution is 2.25. The molecule has 0 bridgehead atoms. The number of nitrogens with zero attached hydrogens (tertiary/aromatic N) is 2. The number of hydrogen-bond acceptors (Lipinski definition) is 3. The molecule has 0 aliphatic rings. The molecule has 1 unspecified atom stereocenters. The molecule has 2 aromatic rings. The number of aryl methyl sites for hydroxylation is 1. The molecular formula is C17H27N3O. The van der Waals surface area contributed by atoms with E-state index in [1.54, 1.807) is 0 Å². The van der Waals surface area contributed by atoms with Crippen molar-refractivity contribution in [3.05, 3.63) is 24.0 Å². The molecule has 0 saturated carbocycles. The van der Waals surface area contributed by atoms with E-state index in [0.29, 0.717) is 5.92 Å². The van der Waals surface area contributed by atoms with Crippen molar-refractivity contribution in [2.75, 3.05) is 6.61 Å². The van der Waals surface area contributed by atoms with Crippen molar-refractivity contribution >= 4 is 11.0 Å². The van der Waals surface area contributed by atoms with Gasteiger partial charge in [0.2, 0.25) is 0 Å². The molecule has 0 aliphatic carbocycles. The van der Waals surface area contributed by atoms with Crippen molar-refractivity contribution < 1.29 is 4.74 Å². The Morgan fingerprint density at radius 1 is 1.29 bits per heavy atom. The van der Waals surface area contributed by atoms with Gasteiger partial charge in [-0.25, -0.2) is 4.98 Å². The summed E-state index contributed by atoms with van der Waals surface area (Å²) in [5, 5.41) is 0. The summed E-state index contributed by atoms with van der Waals surface area (Å²) in [7, 11) is 0. The molecule has 2 N–H and O–H groups in total. The standard InChI is InChI=1S/C17H27N3O/c1-5-10-21-14-6-7-16-15(11-14)19-17(13(4)18)20(16)9-8-12(2)3/h6-7,11-13H,5,8-10,18H2,1-4H3. The van der Waals surface area contributed by atoms with E-state index in [9.17, 15) is 0 Å². The van der Waals surface area contributed by atoms with Crippen LogP contribution >= 0.6 is 0 Å². The second kappa shape index (κ2) is 6.94. The van der Waals surface area contributed by atoms with Crippen LogP contribution in [-0.4, -0.2) is 16.2 Å². The lowest BCUT2D eigenvalue weighted by molar-refractivity contribution is 0.318. The van der Waals surface area contributed by atoms with Gasteiger partial charge in [0.25, 0.3) is 0 Å². The molecule has 4 heteroatoms. The van der Waals surface area contributed by atoms with Crippen LogP contribution in [0.5, 0.6) is 5.75 Å². The van der Waals surface area contributed by atoms with E-state index in [4.69, 9.17) is 15.5 Å². The van der Waals surface area contributed by atoms with Crippen LogP contribution < -0.4 is 10.5 Å². The normalized spacial score (nSPS) is 13.0. The van der Waals surface area contributed by atoms with Gasteiger partial charge in [-0.2, -0.15) is 0 Å². The predicted molar refractivity (Wildman–Crippen MR) is 87.6 cm³/mol. The van der Waals surface area contributed by atoms with Gasteiger partial charge in [0, 0.05) is 12.6 Å². The fourth-order valence-electron chi connectivity index (χ4n) is 2.41. The number of hydrogen-bond donors (Lipinski definition) is 1. The molecule has 0 radical (unpaired) electrons. The van der Waals surface area contributed by atoms with Crippen molar-refractivity contribution in [3.8, 4) is 5.75 Å². The van der Waals surface area contributed by atoms with Crippen molar-refractivity contribution in [3.63, 3.8) is 0 Å². The topological polar surface area (TPSA) is 53.1 Å². The van der Waals surface area contributed by atoms with Gasteiger partial charge < -0.3 is 15.0 Å². The summed E-state index contributed by atoms with van der Waals surface area (Å²) in [6, 6.07) is 6.07. The summed E-state index contributed by atoms with van der Waals surface area (Å²) in [4.78, 5) is 4.72. The third-order valence-electron chi connectivity index (χ3n) is 3.56. The van der Waals surface area contributed by atoms with Crippen LogP contribution in [0.2, 0.25) is 0 Å². The van der Waals surface area contributed by atoms with Gasteiger partial charge in [-0.3, -0.25) is 0 Å². The van der Waals surface area contributed by atoms with E-state index in [1.165, 1.54) is 0 Å². The van der Waals surface area contributed by atoms with Crippen LogP contribution in [0.4, 0.5) is 0 Å². The summed E-state index contributed by atoms with van der Waals surface area (Å²) >= 11 is 0. The Morgan fingerprint density at radius 3 is 2.67 bits per heavy atom. The Morgan fingerprint density at radius 2 is 2.05 bits per heavy atom. The van der Waals surface area contributed by atoms with Gasteiger partial charge in [-0.15, -0.1) is 0 Å². The van der Waals surface area contributed by atoms with Gasteiger partial charge in [-0.1, -0.05) is 20.8 Å². The summed E-state index contributed by atoms with van der Waals surface area (Å²) in [5.74, 6) is 2.50. The maximum absolute atomic E-state index is 6.09. The lowest BCUT2D eigenvalue weighted by atomic mass is 10.1. The lowest BCUT2D eigenvalue weighted by Crippen LogP contribution is -2.14. The number of nitrogens with two attached hydrogens (primary N) is 1. The number of aromatic nitrogens is 2. The van der Waals surface area contributed by atoms with Gasteiger partial charge in [0.1, 0.15) is 11.6 Å². The number of imidazole rings is 1. The molecule has 1 atom stereocenters. The lowest BCUT2D eigenvalue weighted by Gasteiger charge is -2.13. The summed E-state index contributed by atoms with van der Waals surface area (Å²) in [6.07, 6.45) is 2.13. The van der Waals surface area contributed by atoms with Crippen molar-refractivity contribution in [2.45, 2.75) is 53.1 Å². The molecule has 0 amide bonds. The third kappa shape index (κ3) is 3.76. The molecule has 2 rings (SSSR count). The minimum Gasteiger partial charge on any atom is -0.494 e. The van der Waals surface area contributed by atoms with E-state index in [1.807, 2.05) is 19.1 Å². The molecule has 1 aromatic carbocycles.